The first-order valence-corrected chi connectivity index (χ1v) is 14.1. The molecule has 0 aromatic heterocycles. The first kappa shape index (κ1) is 30.6. The minimum absolute atomic E-state index is 0.0623. The number of rotatable bonds is 14. The Morgan fingerprint density at radius 3 is 1.46 bits per heavy atom. The number of aryl methyl sites for hydroxylation is 6. The quantitative estimate of drug-likeness (QED) is 0.216. The highest BCUT2D eigenvalue weighted by Gasteiger charge is 2.45. The summed E-state index contributed by atoms with van der Waals surface area (Å²) in [6.45, 7) is 11.2. The van der Waals surface area contributed by atoms with Gasteiger partial charge in [-0.2, -0.15) is 0 Å². The maximum atomic E-state index is 14.4. The first-order chi connectivity index (χ1) is 17.4. The summed E-state index contributed by atoms with van der Waals surface area (Å²) in [6.07, 6.45) is -0.830. The van der Waals surface area contributed by atoms with Crippen molar-refractivity contribution >= 4 is 24.2 Å². The van der Waals surface area contributed by atoms with Crippen LogP contribution in [-0.4, -0.2) is 67.9 Å². The van der Waals surface area contributed by atoms with Crippen LogP contribution in [0, 0.1) is 41.5 Å². The second-order valence-electron chi connectivity index (χ2n) is 9.22. The number of hydrogen-bond donors (Lipinski definition) is 1. The predicted octanol–water partition coefficient (Wildman–Crippen LogP) is 4.45. The molecule has 2 aromatic carbocycles. The van der Waals surface area contributed by atoms with Crippen molar-refractivity contribution < 1.29 is 38.3 Å². The van der Waals surface area contributed by atoms with Gasteiger partial charge in [-0.15, -0.1) is 0 Å². The Morgan fingerprint density at radius 1 is 0.676 bits per heavy atom. The first-order valence-electron chi connectivity index (χ1n) is 12.2. The van der Waals surface area contributed by atoms with E-state index in [4.69, 9.17) is 19.3 Å². The maximum absolute atomic E-state index is 14.4. The lowest BCUT2D eigenvalue weighted by Crippen LogP contribution is -2.23. The van der Waals surface area contributed by atoms with Crippen molar-refractivity contribution in [3.05, 3.63) is 68.8 Å². The fourth-order valence-corrected chi connectivity index (χ4v) is 6.81. The van der Waals surface area contributed by atoms with Crippen molar-refractivity contribution in [1.29, 1.82) is 0 Å². The van der Waals surface area contributed by atoms with Gasteiger partial charge in [-0.25, -0.2) is 0 Å². The van der Waals surface area contributed by atoms with Gasteiger partial charge >= 0.3 is 5.97 Å². The van der Waals surface area contributed by atoms with Gasteiger partial charge in [0, 0.05) is 11.1 Å². The van der Waals surface area contributed by atoms with Crippen LogP contribution < -0.4 is 0 Å². The molecule has 0 heterocycles. The molecule has 9 heteroatoms. The number of carbonyl (C=O) groups is 3. The van der Waals surface area contributed by atoms with Gasteiger partial charge in [-0.3, -0.25) is 14.4 Å². The fraction of sp³-hybridized carbons (Fsp3) is 0.464. The molecule has 202 valence electrons. The van der Waals surface area contributed by atoms with E-state index >= 15 is 0 Å². The number of ether oxygens (including phenoxy) is 3. The zero-order valence-corrected chi connectivity index (χ0v) is 23.4. The third-order valence-corrected chi connectivity index (χ3v) is 8.35. The number of benzene rings is 2. The topological polar surface area (TPSA) is 116 Å². The fourth-order valence-electron chi connectivity index (χ4n) is 4.46. The lowest BCUT2D eigenvalue weighted by atomic mass is 10.0. The van der Waals surface area contributed by atoms with Gasteiger partial charge in [0.25, 0.3) is 0 Å². The summed E-state index contributed by atoms with van der Waals surface area (Å²) >= 11 is 0. The summed E-state index contributed by atoms with van der Waals surface area (Å²) in [5, 5.41) is 8.68. The van der Waals surface area contributed by atoms with Gasteiger partial charge in [-0.05, 0) is 63.8 Å². The number of esters is 1. The molecule has 0 saturated heterocycles. The van der Waals surface area contributed by atoms with Crippen molar-refractivity contribution in [3.63, 3.8) is 0 Å². The Morgan fingerprint density at radius 2 is 1.05 bits per heavy atom. The lowest BCUT2D eigenvalue weighted by Gasteiger charge is -2.20. The van der Waals surface area contributed by atoms with Crippen LogP contribution in [0.1, 0.15) is 54.1 Å². The van der Waals surface area contributed by atoms with Gasteiger partial charge in [0.15, 0.2) is 0 Å². The largest absolute Gasteiger partial charge is 0.463 e. The van der Waals surface area contributed by atoms with E-state index in [0.717, 1.165) is 11.1 Å². The SMILES string of the molecule is Cc1cc(C)c(C(=O)P(=O)(CC(=O)OCCOCCOCCO)C(=O)c2c(C)cc(C)cc2C)c(C)c1. The summed E-state index contributed by atoms with van der Waals surface area (Å²) < 4.78 is 29.9. The van der Waals surface area contributed by atoms with Gasteiger partial charge in [0.2, 0.25) is 18.2 Å². The Balaban J connectivity index is 2.32. The lowest BCUT2D eigenvalue weighted by molar-refractivity contribution is -0.142. The molecule has 0 saturated carbocycles. The van der Waals surface area contributed by atoms with Crippen LogP contribution in [0.4, 0.5) is 0 Å². The molecule has 0 radical (unpaired) electrons. The second-order valence-corrected chi connectivity index (χ2v) is 11.8. The zero-order chi connectivity index (χ0) is 27.8. The third kappa shape index (κ3) is 7.92. The molecule has 8 nitrogen and oxygen atoms in total. The third-order valence-electron chi connectivity index (χ3n) is 5.89. The minimum Gasteiger partial charge on any atom is -0.463 e. The molecule has 0 amide bonds. The van der Waals surface area contributed by atoms with E-state index in [2.05, 4.69) is 0 Å². The van der Waals surface area contributed by atoms with Crippen molar-refractivity contribution in [2.75, 3.05) is 45.8 Å². The molecule has 2 aromatic rings. The van der Waals surface area contributed by atoms with E-state index in [0.29, 0.717) is 22.3 Å². The number of carbonyl (C=O) groups excluding carboxylic acids is 3. The molecule has 37 heavy (non-hydrogen) atoms. The maximum Gasteiger partial charge on any atom is 0.314 e. The summed E-state index contributed by atoms with van der Waals surface area (Å²) in [5.41, 5.74) is 2.97. The zero-order valence-electron chi connectivity index (χ0n) is 22.5. The number of hydrogen-bond acceptors (Lipinski definition) is 8. The molecular formula is C28H37O8P. The summed E-state index contributed by atoms with van der Waals surface area (Å²) in [5.74, 6) is -0.907. The van der Waals surface area contributed by atoms with Crippen LogP contribution in [0.2, 0.25) is 0 Å². The van der Waals surface area contributed by atoms with E-state index in [9.17, 15) is 18.9 Å². The van der Waals surface area contributed by atoms with Crippen LogP contribution in [0.15, 0.2) is 24.3 Å². The van der Waals surface area contributed by atoms with Crippen molar-refractivity contribution in [3.8, 4) is 0 Å². The van der Waals surface area contributed by atoms with Gasteiger partial charge in [0.05, 0.1) is 33.0 Å². The van der Waals surface area contributed by atoms with E-state index in [-0.39, 0.29) is 50.8 Å². The van der Waals surface area contributed by atoms with Gasteiger partial charge in [0.1, 0.15) is 12.8 Å². The van der Waals surface area contributed by atoms with Crippen LogP contribution in [0.3, 0.4) is 0 Å². The van der Waals surface area contributed by atoms with Crippen molar-refractivity contribution in [2.24, 2.45) is 0 Å². The Labute approximate surface area is 218 Å². The van der Waals surface area contributed by atoms with Crippen LogP contribution in [0.5, 0.6) is 0 Å². The average molecular weight is 533 g/mol. The predicted molar refractivity (Wildman–Crippen MR) is 142 cm³/mol. The second kappa shape index (κ2) is 13.8. The van der Waals surface area contributed by atoms with E-state index < -0.39 is 30.3 Å². The van der Waals surface area contributed by atoms with Crippen LogP contribution in [-0.2, 0) is 23.6 Å². The number of aliphatic hydroxyl groups is 1. The minimum atomic E-state index is -4.45. The monoisotopic (exact) mass is 532 g/mol. The molecule has 0 unspecified atom stereocenters. The molecule has 0 aliphatic carbocycles. The Bertz CT molecular complexity index is 1080. The summed E-state index contributed by atoms with van der Waals surface area (Å²) in [4.78, 5) is 40.4. The average Bonchev–Trinajstić information content (AvgIpc) is 2.79. The van der Waals surface area contributed by atoms with Crippen molar-refractivity contribution in [1.82, 2.24) is 0 Å². The normalized spacial score (nSPS) is 11.4. The van der Waals surface area contributed by atoms with Crippen LogP contribution >= 0.6 is 7.14 Å². The molecule has 0 atom stereocenters. The highest BCUT2D eigenvalue weighted by Crippen LogP contribution is 2.53. The van der Waals surface area contributed by atoms with Gasteiger partial charge in [-0.1, -0.05) is 35.4 Å². The van der Waals surface area contributed by atoms with Crippen LogP contribution in [0.25, 0.3) is 0 Å². The summed E-state index contributed by atoms with van der Waals surface area (Å²) in [6, 6.07) is 7.16. The molecule has 2 rings (SSSR count). The summed E-state index contributed by atoms with van der Waals surface area (Å²) in [7, 11) is -4.45. The van der Waals surface area contributed by atoms with Crippen molar-refractivity contribution in [2.45, 2.75) is 41.5 Å². The highest BCUT2D eigenvalue weighted by molar-refractivity contribution is 7.96. The smallest absolute Gasteiger partial charge is 0.314 e. The molecule has 0 aliphatic rings. The molecule has 1 N–H and O–H groups in total. The number of aliphatic hydroxyl groups excluding tert-OH is 1. The molecule has 0 bridgehead atoms. The molecule has 0 fully saturated rings. The molecular weight excluding hydrogens is 495 g/mol. The Kier molecular flexibility index (Phi) is 11.4. The van der Waals surface area contributed by atoms with Gasteiger partial charge < -0.3 is 23.9 Å². The standard InChI is InChI=1S/C28H37O8P/c1-18-13-20(3)25(21(4)14-18)27(31)37(33,28(32)26-22(5)15-19(2)16-23(26)6)17-24(30)36-12-11-35-10-9-34-8-7-29/h13-16,29H,7-12,17H2,1-6H3. The van der Waals surface area contributed by atoms with E-state index in [1.807, 2.05) is 13.8 Å². The molecule has 0 aliphatic heterocycles. The highest BCUT2D eigenvalue weighted by atomic mass is 31.2. The Hall–Kier alpha value is -2.64. The van der Waals surface area contributed by atoms with E-state index in [1.165, 1.54) is 0 Å². The molecule has 0 spiro atoms. The van der Waals surface area contributed by atoms with E-state index in [1.54, 1.807) is 52.0 Å².